The van der Waals surface area contributed by atoms with Gasteiger partial charge in [-0.3, -0.25) is 0 Å². The number of halogens is 3. The van der Waals surface area contributed by atoms with E-state index in [1.165, 1.54) is 12.1 Å². The van der Waals surface area contributed by atoms with Crippen molar-refractivity contribution in [3.05, 3.63) is 34.4 Å². The monoisotopic (exact) mass is 231 g/mol. The Labute approximate surface area is 92.4 Å². The van der Waals surface area contributed by atoms with Crippen molar-refractivity contribution in [1.29, 1.82) is 0 Å². The lowest BCUT2D eigenvalue weighted by atomic mass is 9.91. The van der Waals surface area contributed by atoms with E-state index in [1.807, 2.05) is 0 Å². The molecule has 1 aliphatic rings. The SMILES string of the molecule is Fc1ccc(Cl)c(F)c1[C@@H]1CCCNC1. The molecule has 1 aromatic carbocycles. The summed E-state index contributed by atoms with van der Waals surface area (Å²) in [6.45, 7) is 1.54. The Morgan fingerprint density at radius 2 is 2.13 bits per heavy atom. The van der Waals surface area contributed by atoms with Gasteiger partial charge < -0.3 is 5.32 Å². The minimum absolute atomic E-state index is 0.00280. The molecule has 2 rings (SSSR count). The van der Waals surface area contributed by atoms with E-state index >= 15 is 0 Å². The maximum Gasteiger partial charge on any atom is 0.148 e. The van der Waals surface area contributed by atoms with Crippen LogP contribution >= 0.6 is 11.6 Å². The summed E-state index contributed by atoms with van der Waals surface area (Å²) >= 11 is 5.64. The van der Waals surface area contributed by atoms with E-state index in [4.69, 9.17) is 11.6 Å². The molecule has 0 aromatic heterocycles. The maximum atomic E-state index is 13.6. The topological polar surface area (TPSA) is 12.0 Å². The molecule has 0 aliphatic carbocycles. The first kappa shape index (κ1) is 10.8. The van der Waals surface area contributed by atoms with Crippen LogP contribution < -0.4 is 5.32 Å². The molecule has 4 heteroatoms. The molecule has 0 saturated carbocycles. The second-order valence-corrected chi connectivity index (χ2v) is 4.21. The van der Waals surface area contributed by atoms with Gasteiger partial charge in [0, 0.05) is 18.0 Å². The first-order chi connectivity index (χ1) is 7.20. The highest BCUT2D eigenvalue weighted by Gasteiger charge is 2.23. The van der Waals surface area contributed by atoms with E-state index in [9.17, 15) is 8.78 Å². The quantitative estimate of drug-likeness (QED) is 0.733. The highest BCUT2D eigenvalue weighted by Crippen LogP contribution is 2.31. The van der Waals surface area contributed by atoms with Crippen molar-refractivity contribution in [2.45, 2.75) is 18.8 Å². The zero-order valence-corrected chi connectivity index (χ0v) is 8.95. The first-order valence-electron chi connectivity index (χ1n) is 5.04. The second kappa shape index (κ2) is 4.45. The molecule has 1 aromatic rings. The van der Waals surface area contributed by atoms with Gasteiger partial charge in [-0.25, -0.2) is 8.78 Å². The first-order valence-corrected chi connectivity index (χ1v) is 5.42. The van der Waals surface area contributed by atoms with Gasteiger partial charge in [0.15, 0.2) is 0 Å². The summed E-state index contributed by atoms with van der Waals surface area (Å²) in [5.41, 5.74) is 0.134. The lowest BCUT2D eigenvalue weighted by Gasteiger charge is -2.24. The second-order valence-electron chi connectivity index (χ2n) is 3.80. The summed E-state index contributed by atoms with van der Waals surface area (Å²) in [7, 11) is 0. The number of rotatable bonds is 1. The predicted molar refractivity (Wildman–Crippen MR) is 56.2 cm³/mol. The van der Waals surface area contributed by atoms with E-state index in [0.717, 1.165) is 19.4 Å². The van der Waals surface area contributed by atoms with Crippen molar-refractivity contribution in [2.24, 2.45) is 0 Å². The van der Waals surface area contributed by atoms with E-state index < -0.39 is 11.6 Å². The Bertz CT molecular complexity index is 362. The van der Waals surface area contributed by atoms with Crippen LogP contribution in [0.5, 0.6) is 0 Å². The van der Waals surface area contributed by atoms with E-state index in [-0.39, 0.29) is 16.5 Å². The van der Waals surface area contributed by atoms with Crippen LogP contribution in [0.15, 0.2) is 12.1 Å². The van der Waals surface area contributed by atoms with Crippen molar-refractivity contribution in [3.8, 4) is 0 Å². The molecule has 1 nitrogen and oxygen atoms in total. The molecule has 1 N–H and O–H groups in total. The molecule has 1 saturated heterocycles. The van der Waals surface area contributed by atoms with Gasteiger partial charge in [0.1, 0.15) is 11.6 Å². The molecule has 82 valence electrons. The number of nitrogens with one attached hydrogen (secondary N) is 1. The third-order valence-corrected chi connectivity index (χ3v) is 3.08. The molecule has 1 fully saturated rings. The maximum absolute atomic E-state index is 13.6. The van der Waals surface area contributed by atoms with Gasteiger partial charge in [0.05, 0.1) is 5.02 Å². The van der Waals surface area contributed by atoms with Crippen LogP contribution in [0.3, 0.4) is 0 Å². The van der Waals surface area contributed by atoms with Gasteiger partial charge in [-0.1, -0.05) is 11.6 Å². The Hall–Kier alpha value is -0.670. The normalized spacial score (nSPS) is 21.7. The van der Waals surface area contributed by atoms with Crippen LogP contribution in [-0.2, 0) is 0 Å². The average molecular weight is 232 g/mol. The van der Waals surface area contributed by atoms with Gasteiger partial charge in [-0.2, -0.15) is 0 Å². The standard InChI is InChI=1S/C11H12ClF2N/c12-8-3-4-9(13)10(11(8)14)7-2-1-5-15-6-7/h3-4,7,15H,1-2,5-6H2/t7-/m1/s1. The van der Waals surface area contributed by atoms with E-state index in [0.29, 0.717) is 6.54 Å². The fourth-order valence-electron chi connectivity index (χ4n) is 2.02. The smallest absolute Gasteiger partial charge is 0.148 e. The molecule has 0 radical (unpaired) electrons. The van der Waals surface area contributed by atoms with Crippen LogP contribution in [0.1, 0.15) is 24.3 Å². The molecule has 0 unspecified atom stereocenters. The highest BCUT2D eigenvalue weighted by atomic mass is 35.5. The van der Waals surface area contributed by atoms with Crippen molar-refractivity contribution in [3.63, 3.8) is 0 Å². The van der Waals surface area contributed by atoms with Gasteiger partial charge in [-0.15, -0.1) is 0 Å². The van der Waals surface area contributed by atoms with Crippen LogP contribution in [-0.4, -0.2) is 13.1 Å². The van der Waals surface area contributed by atoms with Crippen LogP contribution in [0.4, 0.5) is 8.78 Å². The zero-order valence-electron chi connectivity index (χ0n) is 8.19. The lowest BCUT2D eigenvalue weighted by Crippen LogP contribution is -2.29. The Morgan fingerprint density at radius 3 is 2.80 bits per heavy atom. The summed E-state index contributed by atoms with van der Waals surface area (Å²) in [5, 5.41) is 3.13. The Morgan fingerprint density at radius 1 is 1.33 bits per heavy atom. The zero-order chi connectivity index (χ0) is 10.8. The molecule has 1 atom stereocenters. The molecular weight excluding hydrogens is 220 g/mol. The molecule has 15 heavy (non-hydrogen) atoms. The van der Waals surface area contributed by atoms with Gasteiger partial charge in [-0.05, 0) is 31.5 Å². The Kier molecular flexibility index (Phi) is 3.22. The van der Waals surface area contributed by atoms with Crippen molar-refractivity contribution in [1.82, 2.24) is 5.32 Å². The van der Waals surface area contributed by atoms with Crippen LogP contribution in [0.25, 0.3) is 0 Å². The predicted octanol–water partition coefficient (Wildman–Crippen LogP) is 3.09. The van der Waals surface area contributed by atoms with E-state index in [2.05, 4.69) is 5.32 Å². The number of hydrogen-bond acceptors (Lipinski definition) is 1. The summed E-state index contributed by atoms with van der Waals surface area (Å²) in [6, 6.07) is 2.49. The number of piperidine rings is 1. The minimum Gasteiger partial charge on any atom is -0.316 e. The number of hydrogen-bond donors (Lipinski definition) is 1. The lowest BCUT2D eigenvalue weighted by molar-refractivity contribution is 0.428. The minimum atomic E-state index is -0.606. The van der Waals surface area contributed by atoms with Gasteiger partial charge in [0.2, 0.25) is 0 Å². The average Bonchev–Trinajstić information content (AvgIpc) is 2.26. The molecular formula is C11H12ClF2N. The molecule has 0 bridgehead atoms. The third-order valence-electron chi connectivity index (χ3n) is 2.78. The van der Waals surface area contributed by atoms with Crippen LogP contribution in [0, 0.1) is 11.6 Å². The Balaban J connectivity index is 2.36. The fraction of sp³-hybridized carbons (Fsp3) is 0.455. The van der Waals surface area contributed by atoms with Crippen LogP contribution in [0.2, 0.25) is 5.02 Å². The highest BCUT2D eigenvalue weighted by molar-refractivity contribution is 6.30. The fourth-order valence-corrected chi connectivity index (χ4v) is 2.18. The molecule has 1 aliphatic heterocycles. The largest absolute Gasteiger partial charge is 0.316 e. The summed E-state index contributed by atoms with van der Waals surface area (Å²) in [6.07, 6.45) is 1.75. The summed E-state index contributed by atoms with van der Waals surface area (Å²) in [4.78, 5) is 0. The van der Waals surface area contributed by atoms with E-state index in [1.54, 1.807) is 0 Å². The summed E-state index contributed by atoms with van der Waals surface area (Å²) in [5.74, 6) is -1.20. The molecule has 1 heterocycles. The van der Waals surface area contributed by atoms with Gasteiger partial charge >= 0.3 is 0 Å². The molecule has 0 spiro atoms. The van der Waals surface area contributed by atoms with Crippen molar-refractivity contribution in [2.75, 3.05) is 13.1 Å². The molecule has 0 amide bonds. The van der Waals surface area contributed by atoms with Gasteiger partial charge in [0.25, 0.3) is 0 Å². The van der Waals surface area contributed by atoms with Crippen molar-refractivity contribution >= 4 is 11.6 Å². The van der Waals surface area contributed by atoms with Crippen molar-refractivity contribution < 1.29 is 8.78 Å². The third kappa shape index (κ3) is 2.13. The summed E-state index contributed by atoms with van der Waals surface area (Å²) < 4.78 is 27.1. The number of benzene rings is 1.